The van der Waals surface area contributed by atoms with Gasteiger partial charge in [0, 0.05) is 12.8 Å². The zero-order valence-corrected chi connectivity index (χ0v) is 9.20. The zero-order valence-electron chi connectivity index (χ0n) is 8.39. The van der Waals surface area contributed by atoms with Crippen LogP contribution in [0.4, 0.5) is 0 Å². The zero-order chi connectivity index (χ0) is 9.36. The van der Waals surface area contributed by atoms with Crippen LogP contribution in [0.25, 0.3) is 0 Å². The van der Waals surface area contributed by atoms with E-state index in [1.807, 2.05) is 11.8 Å². The molecule has 2 heteroatoms. The van der Waals surface area contributed by atoms with E-state index in [-0.39, 0.29) is 0 Å². The van der Waals surface area contributed by atoms with E-state index in [1.54, 1.807) is 0 Å². The molecule has 1 aliphatic rings. The molecule has 0 aliphatic carbocycles. The van der Waals surface area contributed by atoms with Gasteiger partial charge in [-0.2, -0.15) is 11.8 Å². The Morgan fingerprint density at radius 2 is 1.38 bits per heavy atom. The van der Waals surface area contributed by atoms with Crippen molar-refractivity contribution in [1.82, 2.24) is 0 Å². The van der Waals surface area contributed by atoms with Gasteiger partial charge in [-0.05, 0) is 30.8 Å². The summed E-state index contributed by atoms with van der Waals surface area (Å²) in [5.74, 6) is 2.97. The van der Waals surface area contributed by atoms with Crippen molar-refractivity contribution < 1.29 is 4.79 Å². The Morgan fingerprint density at radius 1 is 0.769 bits per heavy atom. The lowest BCUT2D eigenvalue weighted by Crippen LogP contribution is -1.99. The first kappa shape index (κ1) is 11.1. The second-order valence-electron chi connectivity index (χ2n) is 3.77. The van der Waals surface area contributed by atoms with Crippen LogP contribution in [0.1, 0.15) is 51.4 Å². The molecule has 1 heterocycles. The molecule has 0 amide bonds. The molecule has 0 unspecified atom stereocenters. The number of ketones is 1. The van der Waals surface area contributed by atoms with Gasteiger partial charge in [0.2, 0.25) is 0 Å². The van der Waals surface area contributed by atoms with Crippen molar-refractivity contribution in [2.75, 3.05) is 11.5 Å². The number of carbonyl (C=O) groups excluding carboxylic acids is 1. The topological polar surface area (TPSA) is 17.1 Å². The maximum Gasteiger partial charge on any atom is 0.132 e. The molecule has 1 rings (SSSR count). The van der Waals surface area contributed by atoms with Crippen molar-refractivity contribution in [3.05, 3.63) is 0 Å². The number of hydrogen-bond acceptors (Lipinski definition) is 2. The van der Waals surface area contributed by atoms with E-state index in [1.165, 1.54) is 37.2 Å². The Labute approximate surface area is 85.7 Å². The summed E-state index contributed by atoms with van der Waals surface area (Å²) >= 11 is 2.02. The molecule has 0 radical (unpaired) electrons. The average Bonchev–Trinajstić information content (AvgIpc) is 2.11. The average molecular weight is 200 g/mol. The minimum atomic E-state index is 0.487. The summed E-state index contributed by atoms with van der Waals surface area (Å²) in [6, 6.07) is 0. The highest BCUT2D eigenvalue weighted by molar-refractivity contribution is 7.99. The summed E-state index contributed by atoms with van der Waals surface area (Å²) in [5.41, 5.74) is 0. The lowest BCUT2D eigenvalue weighted by molar-refractivity contribution is -0.119. The Balaban J connectivity index is 2.14. The summed E-state index contributed by atoms with van der Waals surface area (Å²) in [7, 11) is 0. The molecule has 0 aromatic carbocycles. The molecule has 0 spiro atoms. The fourth-order valence-electron chi connectivity index (χ4n) is 1.66. The molecule has 1 fully saturated rings. The Kier molecular flexibility index (Phi) is 6.34. The molecular formula is C11H20OS. The number of carbonyl (C=O) groups is 1. The molecule has 76 valence electrons. The maximum absolute atomic E-state index is 11.3. The van der Waals surface area contributed by atoms with E-state index in [4.69, 9.17) is 0 Å². The number of thioether (sulfide) groups is 1. The van der Waals surface area contributed by atoms with Crippen LogP contribution in [0.15, 0.2) is 0 Å². The van der Waals surface area contributed by atoms with Gasteiger partial charge in [0.25, 0.3) is 0 Å². The highest BCUT2D eigenvalue weighted by Gasteiger charge is 2.03. The maximum atomic E-state index is 11.3. The first-order valence-corrected chi connectivity index (χ1v) is 6.64. The Morgan fingerprint density at radius 3 is 2.31 bits per heavy atom. The predicted octanol–water partition coefficient (Wildman–Crippen LogP) is 3.42. The number of Topliss-reactive ketones (excluding diaryl/α,β-unsaturated/α-hetero) is 1. The molecule has 1 saturated heterocycles. The standard InChI is InChI=1S/C11H20OS/c12-11-7-4-2-1-3-5-9-13-10-6-8-11/h1-10H2. The van der Waals surface area contributed by atoms with Crippen LogP contribution < -0.4 is 0 Å². The molecule has 13 heavy (non-hydrogen) atoms. The molecule has 1 nitrogen and oxygen atoms in total. The smallest absolute Gasteiger partial charge is 0.132 e. The van der Waals surface area contributed by atoms with Gasteiger partial charge in [0.05, 0.1) is 0 Å². The SMILES string of the molecule is O=C1CCCCCCCSCCC1. The summed E-state index contributed by atoms with van der Waals surface area (Å²) in [5, 5.41) is 0. The van der Waals surface area contributed by atoms with Crippen LogP contribution in [0, 0.1) is 0 Å². The highest BCUT2D eigenvalue weighted by Crippen LogP contribution is 2.14. The summed E-state index contributed by atoms with van der Waals surface area (Å²) in [6.45, 7) is 0. The largest absolute Gasteiger partial charge is 0.300 e. The third-order valence-electron chi connectivity index (χ3n) is 2.49. The van der Waals surface area contributed by atoms with Gasteiger partial charge in [0.1, 0.15) is 5.78 Å². The van der Waals surface area contributed by atoms with Gasteiger partial charge in [-0.1, -0.05) is 19.3 Å². The molecule has 0 bridgehead atoms. The summed E-state index contributed by atoms with van der Waals surface area (Å²) < 4.78 is 0. The summed E-state index contributed by atoms with van der Waals surface area (Å²) in [4.78, 5) is 11.3. The quantitative estimate of drug-likeness (QED) is 0.596. The monoisotopic (exact) mass is 200 g/mol. The van der Waals surface area contributed by atoms with E-state index in [2.05, 4.69) is 0 Å². The van der Waals surface area contributed by atoms with Crippen molar-refractivity contribution in [3.8, 4) is 0 Å². The van der Waals surface area contributed by atoms with Crippen LogP contribution in [-0.4, -0.2) is 17.3 Å². The molecular weight excluding hydrogens is 180 g/mol. The van der Waals surface area contributed by atoms with Gasteiger partial charge in [-0.15, -0.1) is 0 Å². The normalized spacial score (nSPS) is 23.2. The van der Waals surface area contributed by atoms with Crippen molar-refractivity contribution in [2.24, 2.45) is 0 Å². The van der Waals surface area contributed by atoms with Crippen molar-refractivity contribution in [3.63, 3.8) is 0 Å². The Hall–Kier alpha value is 0.0200. The highest BCUT2D eigenvalue weighted by atomic mass is 32.2. The molecule has 0 aromatic rings. The van der Waals surface area contributed by atoms with E-state index < -0.39 is 0 Å². The minimum Gasteiger partial charge on any atom is -0.300 e. The van der Waals surface area contributed by atoms with Crippen LogP contribution in [0.2, 0.25) is 0 Å². The van der Waals surface area contributed by atoms with Crippen LogP contribution in [0.5, 0.6) is 0 Å². The first-order chi connectivity index (χ1) is 6.39. The van der Waals surface area contributed by atoms with E-state index >= 15 is 0 Å². The molecule has 1 aliphatic heterocycles. The van der Waals surface area contributed by atoms with Crippen LogP contribution in [-0.2, 0) is 4.79 Å². The molecule has 0 N–H and O–H groups in total. The van der Waals surface area contributed by atoms with Gasteiger partial charge >= 0.3 is 0 Å². The Bertz CT molecular complexity index is 131. The third kappa shape index (κ3) is 6.14. The molecule has 0 saturated carbocycles. The molecule has 0 aromatic heterocycles. The predicted molar refractivity (Wildman–Crippen MR) is 59.3 cm³/mol. The van der Waals surface area contributed by atoms with Gasteiger partial charge in [-0.3, -0.25) is 4.79 Å². The number of rotatable bonds is 0. The van der Waals surface area contributed by atoms with Crippen molar-refractivity contribution in [1.29, 1.82) is 0 Å². The van der Waals surface area contributed by atoms with Gasteiger partial charge in [0.15, 0.2) is 0 Å². The third-order valence-corrected chi connectivity index (χ3v) is 3.64. The lowest BCUT2D eigenvalue weighted by Gasteiger charge is -2.05. The van der Waals surface area contributed by atoms with E-state index in [0.717, 1.165) is 25.7 Å². The van der Waals surface area contributed by atoms with Crippen LogP contribution >= 0.6 is 11.8 Å². The first-order valence-electron chi connectivity index (χ1n) is 5.49. The van der Waals surface area contributed by atoms with Crippen molar-refractivity contribution in [2.45, 2.75) is 51.4 Å². The van der Waals surface area contributed by atoms with Crippen LogP contribution in [0.3, 0.4) is 0 Å². The lowest BCUT2D eigenvalue weighted by atomic mass is 10.1. The van der Waals surface area contributed by atoms with Gasteiger partial charge in [-0.25, -0.2) is 0 Å². The minimum absolute atomic E-state index is 0.487. The van der Waals surface area contributed by atoms with Gasteiger partial charge < -0.3 is 0 Å². The fourth-order valence-corrected chi connectivity index (χ4v) is 2.62. The second kappa shape index (κ2) is 7.43. The second-order valence-corrected chi connectivity index (χ2v) is 5.00. The van der Waals surface area contributed by atoms with E-state index in [9.17, 15) is 4.79 Å². The fraction of sp³-hybridized carbons (Fsp3) is 0.909. The van der Waals surface area contributed by atoms with E-state index in [0.29, 0.717) is 5.78 Å². The summed E-state index contributed by atoms with van der Waals surface area (Å²) in [6.07, 6.45) is 9.22. The molecule has 0 atom stereocenters. The number of hydrogen-bond donors (Lipinski definition) is 0. The van der Waals surface area contributed by atoms with Crippen molar-refractivity contribution >= 4 is 17.5 Å².